The monoisotopic (exact) mass is 445 g/mol. The molecule has 160 valence electrons. The first kappa shape index (κ1) is 19.3. The predicted octanol–water partition coefficient (Wildman–Crippen LogP) is 5.02. The van der Waals surface area contributed by atoms with Crippen LogP contribution in [0.25, 0.3) is 10.2 Å². The predicted molar refractivity (Wildman–Crippen MR) is 123 cm³/mol. The van der Waals surface area contributed by atoms with Crippen molar-refractivity contribution in [2.45, 2.75) is 5.92 Å². The molecule has 1 aromatic heterocycles. The second kappa shape index (κ2) is 7.60. The maximum atomic E-state index is 13.7. The summed E-state index contributed by atoms with van der Waals surface area (Å²) in [5.41, 5.74) is 2.62. The zero-order chi connectivity index (χ0) is 21.7. The van der Waals surface area contributed by atoms with Gasteiger partial charge in [0, 0.05) is 37.3 Å². The number of piperazine rings is 1. The highest BCUT2D eigenvalue weighted by Crippen LogP contribution is 2.44. The van der Waals surface area contributed by atoms with Crippen LogP contribution < -0.4 is 9.64 Å². The molecule has 0 saturated carbocycles. The lowest BCUT2D eigenvalue weighted by Gasteiger charge is -2.37. The van der Waals surface area contributed by atoms with E-state index in [4.69, 9.17) is 4.74 Å². The smallest absolute Gasteiger partial charge is 0.234 e. The van der Waals surface area contributed by atoms with Crippen LogP contribution in [-0.2, 0) is 4.79 Å². The largest absolute Gasteiger partial charge is 0.457 e. The van der Waals surface area contributed by atoms with E-state index in [0.29, 0.717) is 26.2 Å². The summed E-state index contributed by atoms with van der Waals surface area (Å²) in [7, 11) is 0. The third-order valence-corrected chi connectivity index (χ3v) is 7.21. The van der Waals surface area contributed by atoms with Crippen LogP contribution in [0.5, 0.6) is 11.5 Å². The number of rotatable bonds is 2. The number of carbonyl (C=O) groups excluding carboxylic acids is 1. The third-order valence-electron chi connectivity index (χ3n) is 6.13. The van der Waals surface area contributed by atoms with E-state index in [2.05, 4.69) is 9.88 Å². The number of halogens is 1. The minimum atomic E-state index is -0.367. The van der Waals surface area contributed by atoms with E-state index in [1.165, 1.54) is 23.5 Å². The standard InChI is InChI=1S/C25H20FN3O2S/c26-16-9-10-19-22(15-16)32-25(27-19)29-13-11-28(12-14-29)24(30)23-17-5-1-3-7-20(17)31-21-8-4-2-6-18(21)23/h1-10,15,23H,11-14H2. The highest BCUT2D eigenvalue weighted by molar-refractivity contribution is 7.22. The molecule has 3 heterocycles. The van der Waals surface area contributed by atoms with Crippen molar-refractivity contribution in [2.75, 3.05) is 31.1 Å². The van der Waals surface area contributed by atoms with Crippen molar-refractivity contribution < 1.29 is 13.9 Å². The minimum Gasteiger partial charge on any atom is -0.457 e. The Morgan fingerprint density at radius 1 is 0.938 bits per heavy atom. The summed E-state index contributed by atoms with van der Waals surface area (Å²) in [6, 6.07) is 20.2. The molecule has 0 atom stereocenters. The second-order valence-electron chi connectivity index (χ2n) is 8.03. The van der Waals surface area contributed by atoms with E-state index in [0.717, 1.165) is 38.0 Å². The molecule has 2 aliphatic rings. The van der Waals surface area contributed by atoms with E-state index in [9.17, 15) is 9.18 Å². The summed E-state index contributed by atoms with van der Waals surface area (Å²) in [5, 5.41) is 0.874. The molecule has 2 aliphatic heterocycles. The number of thiazole rings is 1. The molecule has 32 heavy (non-hydrogen) atoms. The Balaban J connectivity index is 1.24. The number of fused-ring (bicyclic) bond motifs is 3. The molecule has 3 aromatic carbocycles. The lowest BCUT2D eigenvalue weighted by atomic mass is 9.86. The molecule has 6 rings (SSSR count). The molecule has 7 heteroatoms. The van der Waals surface area contributed by atoms with Crippen LogP contribution in [0.4, 0.5) is 9.52 Å². The van der Waals surface area contributed by atoms with Crippen molar-refractivity contribution in [3.05, 3.63) is 83.7 Å². The molecule has 0 aliphatic carbocycles. The summed E-state index contributed by atoms with van der Waals surface area (Å²) < 4.78 is 20.4. The maximum absolute atomic E-state index is 13.7. The van der Waals surface area contributed by atoms with E-state index in [1.807, 2.05) is 53.4 Å². The Morgan fingerprint density at radius 3 is 2.28 bits per heavy atom. The van der Waals surface area contributed by atoms with Gasteiger partial charge in [-0.15, -0.1) is 0 Å². The van der Waals surface area contributed by atoms with Crippen molar-refractivity contribution in [2.24, 2.45) is 0 Å². The van der Waals surface area contributed by atoms with Crippen LogP contribution in [-0.4, -0.2) is 42.0 Å². The lowest BCUT2D eigenvalue weighted by Crippen LogP contribution is -2.50. The molecule has 1 fully saturated rings. The van der Waals surface area contributed by atoms with E-state index >= 15 is 0 Å². The molecular weight excluding hydrogens is 425 g/mol. The highest BCUT2D eigenvalue weighted by Gasteiger charge is 2.36. The summed E-state index contributed by atoms with van der Waals surface area (Å²) in [4.78, 5) is 22.5. The van der Waals surface area contributed by atoms with Gasteiger partial charge in [0.1, 0.15) is 17.3 Å². The molecule has 0 radical (unpaired) electrons. The molecule has 5 nitrogen and oxygen atoms in total. The van der Waals surface area contributed by atoms with Crippen LogP contribution in [0.1, 0.15) is 17.0 Å². The van der Waals surface area contributed by atoms with Crippen LogP contribution in [0.3, 0.4) is 0 Å². The molecule has 0 spiro atoms. The summed E-state index contributed by atoms with van der Waals surface area (Å²) >= 11 is 1.49. The Bertz CT molecular complexity index is 1280. The molecular formula is C25H20FN3O2S. The fourth-order valence-electron chi connectivity index (χ4n) is 4.50. The number of benzene rings is 3. The molecule has 0 bridgehead atoms. The van der Waals surface area contributed by atoms with Crippen molar-refractivity contribution in [1.82, 2.24) is 9.88 Å². The van der Waals surface area contributed by atoms with Gasteiger partial charge in [-0.25, -0.2) is 9.37 Å². The van der Waals surface area contributed by atoms with Crippen molar-refractivity contribution in [3.8, 4) is 11.5 Å². The average Bonchev–Trinajstić information content (AvgIpc) is 3.25. The van der Waals surface area contributed by atoms with Crippen LogP contribution >= 0.6 is 11.3 Å². The number of anilines is 1. The number of para-hydroxylation sites is 2. The van der Waals surface area contributed by atoms with Gasteiger partial charge in [0.05, 0.1) is 16.1 Å². The fourth-order valence-corrected chi connectivity index (χ4v) is 5.54. The SMILES string of the molecule is O=C(C1c2ccccc2Oc2ccccc21)N1CCN(c2nc3ccc(F)cc3s2)CC1. The average molecular weight is 446 g/mol. The first-order chi connectivity index (χ1) is 15.7. The third kappa shape index (κ3) is 3.20. The van der Waals surface area contributed by atoms with Crippen molar-refractivity contribution in [3.63, 3.8) is 0 Å². The van der Waals surface area contributed by atoms with Gasteiger partial charge in [0.2, 0.25) is 5.91 Å². The Morgan fingerprint density at radius 2 is 1.59 bits per heavy atom. The van der Waals surface area contributed by atoms with Gasteiger partial charge < -0.3 is 14.5 Å². The summed E-state index contributed by atoms with van der Waals surface area (Å²) in [6.45, 7) is 2.62. The van der Waals surface area contributed by atoms with Gasteiger partial charge in [0.15, 0.2) is 5.13 Å². The van der Waals surface area contributed by atoms with Crippen LogP contribution in [0.15, 0.2) is 66.7 Å². The van der Waals surface area contributed by atoms with Gasteiger partial charge in [-0.3, -0.25) is 4.79 Å². The zero-order valence-corrected chi connectivity index (χ0v) is 18.0. The molecule has 0 N–H and O–H groups in total. The molecule has 1 saturated heterocycles. The quantitative estimate of drug-likeness (QED) is 0.435. The van der Waals surface area contributed by atoms with Crippen molar-refractivity contribution in [1.29, 1.82) is 0 Å². The van der Waals surface area contributed by atoms with Gasteiger partial charge >= 0.3 is 0 Å². The normalized spacial score (nSPS) is 15.9. The Kier molecular flexibility index (Phi) is 4.57. The Hall–Kier alpha value is -3.45. The van der Waals surface area contributed by atoms with Gasteiger partial charge in [-0.1, -0.05) is 47.7 Å². The molecule has 0 unspecified atom stereocenters. The lowest BCUT2D eigenvalue weighted by molar-refractivity contribution is -0.132. The van der Waals surface area contributed by atoms with E-state index in [-0.39, 0.29) is 17.6 Å². The number of ether oxygens (including phenoxy) is 1. The maximum Gasteiger partial charge on any atom is 0.234 e. The number of hydrogen-bond acceptors (Lipinski definition) is 5. The summed E-state index contributed by atoms with van der Waals surface area (Å²) in [5.74, 6) is 0.960. The first-order valence-electron chi connectivity index (χ1n) is 10.6. The minimum absolute atomic E-state index is 0.0965. The van der Waals surface area contributed by atoms with Crippen molar-refractivity contribution >= 4 is 32.6 Å². The van der Waals surface area contributed by atoms with Crippen LogP contribution in [0.2, 0.25) is 0 Å². The molecule has 4 aromatic rings. The highest BCUT2D eigenvalue weighted by atomic mass is 32.1. The first-order valence-corrected chi connectivity index (χ1v) is 11.4. The zero-order valence-electron chi connectivity index (χ0n) is 17.2. The topological polar surface area (TPSA) is 45.7 Å². The Labute approximate surface area is 188 Å². The number of aromatic nitrogens is 1. The fraction of sp³-hybridized carbons (Fsp3) is 0.200. The summed E-state index contributed by atoms with van der Waals surface area (Å²) in [6.07, 6.45) is 0. The number of hydrogen-bond donors (Lipinski definition) is 0. The number of nitrogens with zero attached hydrogens (tertiary/aromatic N) is 3. The number of carbonyl (C=O) groups is 1. The van der Waals surface area contributed by atoms with Crippen LogP contribution in [0, 0.1) is 5.82 Å². The van der Waals surface area contributed by atoms with E-state index in [1.54, 1.807) is 6.07 Å². The van der Waals surface area contributed by atoms with E-state index < -0.39 is 0 Å². The molecule has 1 amide bonds. The van der Waals surface area contributed by atoms with Gasteiger partial charge in [-0.2, -0.15) is 0 Å². The number of amides is 1. The van der Waals surface area contributed by atoms with Gasteiger partial charge in [0.25, 0.3) is 0 Å². The van der Waals surface area contributed by atoms with Gasteiger partial charge in [-0.05, 0) is 30.3 Å². The second-order valence-corrected chi connectivity index (χ2v) is 9.04.